The molecule has 0 aliphatic carbocycles. The second kappa shape index (κ2) is 8.41. The molecule has 2 aromatic rings. The van der Waals surface area contributed by atoms with Crippen LogP contribution in [0.3, 0.4) is 0 Å². The number of hydrogen-bond donors (Lipinski definition) is 2. The van der Waals surface area contributed by atoms with Crippen LogP contribution in [0.2, 0.25) is 0 Å². The van der Waals surface area contributed by atoms with Crippen LogP contribution in [0.5, 0.6) is 0 Å². The molecule has 0 radical (unpaired) electrons. The van der Waals surface area contributed by atoms with E-state index in [-0.39, 0.29) is 18.0 Å². The van der Waals surface area contributed by atoms with E-state index < -0.39 is 0 Å². The van der Waals surface area contributed by atoms with Crippen LogP contribution in [0.15, 0.2) is 48.5 Å². The topological polar surface area (TPSA) is 61.4 Å². The van der Waals surface area contributed by atoms with Crippen LogP contribution < -0.4 is 10.6 Å². The average molecular weight is 391 g/mol. The van der Waals surface area contributed by atoms with Crippen molar-refractivity contribution < 1.29 is 9.59 Å². The minimum absolute atomic E-state index is 0.0121. The fourth-order valence-corrected chi connectivity index (χ4v) is 4.15. The van der Waals surface area contributed by atoms with E-state index in [9.17, 15) is 9.59 Å². The molecule has 6 heteroatoms. The molecule has 0 aromatic heterocycles. The molecule has 0 spiro atoms. The van der Waals surface area contributed by atoms with E-state index in [2.05, 4.69) is 22.5 Å². The van der Waals surface area contributed by atoms with Gasteiger partial charge in [0.05, 0.1) is 6.04 Å². The van der Waals surface area contributed by atoms with Crippen molar-refractivity contribution in [2.24, 2.45) is 0 Å². The highest BCUT2D eigenvalue weighted by Crippen LogP contribution is 2.16. The van der Waals surface area contributed by atoms with Crippen molar-refractivity contribution in [2.45, 2.75) is 6.04 Å². The first kappa shape index (κ1) is 18.5. The van der Waals surface area contributed by atoms with Crippen molar-refractivity contribution in [1.29, 1.82) is 0 Å². The maximum absolute atomic E-state index is 12.5. The second-order valence-corrected chi connectivity index (χ2v) is 7.99. The van der Waals surface area contributed by atoms with Gasteiger partial charge in [-0.3, -0.25) is 4.79 Å². The molecule has 0 bridgehead atoms. The van der Waals surface area contributed by atoms with E-state index in [4.69, 9.17) is 0 Å². The normalized spacial score (nSPS) is 18.6. The molecule has 142 valence electrons. The first-order valence-electron chi connectivity index (χ1n) is 9.32. The largest absolute Gasteiger partial charge is 0.337 e. The van der Waals surface area contributed by atoms with Crippen LogP contribution >= 0.6 is 11.8 Å². The molecular weight excluding hydrogens is 370 g/mol. The van der Waals surface area contributed by atoms with E-state index in [0.29, 0.717) is 12.1 Å². The van der Waals surface area contributed by atoms with Crippen LogP contribution in [0, 0.1) is 11.8 Å². The summed E-state index contributed by atoms with van der Waals surface area (Å²) in [4.78, 5) is 25.7. The Morgan fingerprint density at radius 3 is 2.14 bits per heavy atom. The standard InChI is InChI=1S/C22H21N3O2S/c26-21(25-11-13-28-14-12-25)19-9-5-17(6-10-19)2-1-16-3-7-18(8-4-16)20-15-23-22(27)24-20/h3-10,20H,11-15H2,(H2,23,24,27). The van der Waals surface area contributed by atoms with Gasteiger partial charge in [0.15, 0.2) is 0 Å². The van der Waals surface area contributed by atoms with Crippen molar-refractivity contribution in [3.05, 3.63) is 70.8 Å². The Balaban J connectivity index is 1.40. The molecule has 1 atom stereocenters. The Morgan fingerprint density at radius 2 is 1.57 bits per heavy atom. The fraction of sp³-hybridized carbons (Fsp3) is 0.273. The molecule has 4 rings (SSSR count). The predicted octanol–water partition coefficient (Wildman–Crippen LogP) is 2.63. The highest BCUT2D eigenvalue weighted by atomic mass is 32.2. The van der Waals surface area contributed by atoms with Crippen molar-refractivity contribution in [1.82, 2.24) is 15.5 Å². The Hall–Kier alpha value is -2.91. The lowest BCUT2D eigenvalue weighted by molar-refractivity contribution is 0.0772. The Bertz CT molecular complexity index is 923. The molecule has 2 aliphatic heterocycles. The molecule has 2 saturated heterocycles. The van der Waals surface area contributed by atoms with Gasteiger partial charge < -0.3 is 15.5 Å². The number of carbonyl (C=O) groups is 2. The second-order valence-electron chi connectivity index (χ2n) is 6.76. The molecular formula is C22H21N3O2S. The van der Waals surface area contributed by atoms with Gasteiger partial charge in [-0.2, -0.15) is 11.8 Å². The Labute approximate surface area is 168 Å². The quantitative estimate of drug-likeness (QED) is 0.774. The summed E-state index contributed by atoms with van der Waals surface area (Å²) in [7, 11) is 0. The Morgan fingerprint density at radius 1 is 0.964 bits per heavy atom. The van der Waals surface area contributed by atoms with E-state index in [1.54, 1.807) is 0 Å². The number of nitrogens with one attached hydrogen (secondary N) is 2. The molecule has 2 heterocycles. The monoisotopic (exact) mass is 391 g/mol. The van der Waals surface area contributed by atoms with Gasteiger partial charge in [-0.15, -0.1) is 0 Å². The van der Waals surface area contributed by atoms with Crippen molar-refractivity contribution in [3.8, 4) is 11.8 Å². The van der Waals surface area contributed by atoms with Crippen molar-refractivity contribution in [3.63, 3.8) is 0 Å². The third kappa shape index (κ3) is 4.32. The molecule has 28 heavy (non-hydrogen) atoms. The van der Waals surface area contributed by atoms with Gasteiger partial charge in [0.25, 0.3) is 5.91 Å². The van der Waals surface area contributed by atoms with E-state index in [0.717, 1.165) is 41.3 Å². The Kier molecular flexibility index (Phi) is 5.54. The lowest BCUT2D eigenvalue weighted by atomic mass is 10.1. The van der Waals surface area contributed by atoms with Crippen molar-refractivity contribution in [2.75, 3.05) is 31.1 Å². The molecule has 0 saturated carbocycles. The maximum atomic E-state index is 12.5. The summed E-state index contributed by atoms with van der Waals surface area (Å²) in [6, 6.07) is 15.3. The van der Waals surface area contributed by atoms with Gasteiger partial charge in [-0.05, 0) is 42.0 Å². The molecule has 2 aliphatic rings. The zero-order chi connectivity index (χ0) is 19.3. The van der Waals surface area contributed by atoms with Gasteiger partial charge in [-0.25, -0.2) is 4.79 Å². The lowest BCUT2D eigenvalue weighted by Gasteiger charge is -2.26. The number of urea groups is 1. The average Bonchev–Trinajstić information content (AvgIpc) is 3.19. The van der Waals surface area contributed by atoms with Crippen LogP contribution in [0.4, 0.5) is 4.79 Å². The minimum atomic E-state index is -0.130. The van der Waals surface area contributed by atoms with Crippen LogP contribution in [0.1, 0.15) is 33.1 Å². The first-order valence-corrected chi connectivity index (χ1v) is 10.5. The molecule has 1 unspecified atom stereocenters. The van der Waals surface area contributed by atoms with Crippen molar-refractivity contribution >= 4 is 23.7 Å². The van der Waals surface area contributed by atoms with Gasteiger partial charge in [-0.1, -0.05) is 24.0 Å². The maximum Gasteiger partial charge on any atom is 0.315 e. The number of amides is 3. The highest BCUT2D eigenvalue weighted by Gasteiger charge is 2.21. The number of benzene rings is 2. The fourth-order valence-electron chi connectivity index (χ4n) is 3.24. The summed E-state index contributed by atoms with van der Waals surface area (Å²) < 4.78 is 0. The molecule has 2 N–H and O–H groups in total. The highest BCUT2D eigenvalue weighted by molar-refractivity contribution is 7.99. The number of rotatable bonds is 2. The number of carbonyl (C=O) groups excluding carboxylic acids is 2. The molecule has 3 amide bonds. The third-order valence-corrected chi connectivity index (χ3v) is 5.81. The zero-order valence-electron chi connectivity index (χ0n) is 15.4. The van der Waals surface area contributed by atoms with Gasteiger partial charge in [0, 0.05) is 47.8 Å². The summed E-state index contributed by atoms with van der Waals surface area (Å²) in [6.07, 6.45) is 0. The van der Waals surface area contributed by atoms with Gasteiger partial charge in [0.2, 0.25) is 0 Å². The molecule has 2 aromatic carbocycles. The third-order valence-electron chi connectivity index (χ3n) is 4.87. The van der Waals surface area contributed by atoms with Crippen LogP contribution in [-0.2, 0) is 0 Å². The number of thioether (sulfide) groups is 1. The van der Waals surface area contributed by atoms with E-state index in [1.165, 1.54) is 0 Å². The molecule has 5 nitrogen and oxygen atoms in total. The lowest BCUT2D eigenvalue weighted by Crippen LogP contribution is -2.37. The summed E-state index contributed by atoms with van der Waals surface area (Å²) >= 11 is 1.89. The summed E-state index contributed by atoms with van der Waals surface area (Å²) in [5, 5.41) is 5.62. The smallest absolute Gasteiger partial charge is 0.315 e. The minimum Gasteiger partial charge on any atom is -0.337 e. The summed E-state index contributed by atoms with van der Waals surface area (Å²) in [6.45, 7) is 2.24. The summed E-state index contributed by atoms with van der Waals surface area (Å²) in [5.41, 5.74) is 3.56. The number of nitrogens with zero attached hydrogens (tertiary/aromatic N) is 1. The zero-order valence-corrected chi connectivity index (χ0v) is 16.2. The van der Waals surface area contributed by atoms with E-state index in [1.807, 2.05) is 65.2 Å². The number of hydrogen-bond acceptors (Lipinski definition) is 3. The van der Waals surface area contributed by atoms with Crippen LogP contribution in [0.25, 0.3) is 0 Å². The first-order chi connectivity index (χ1) is 13.7. The molecule has 2 fully saturated rings. The van der Waals surface area contributed by atoms with E-state index >= 15 is 0 Å². The van der Waals surface area contributed by atoms with Gasteiger partial charge in [0.1, 0.15) is 0 Å². The predicted molar refractivity (Wildman–Crippen MR) is 111 cm³/mol. The SMILES string of the molecule is O=C1NCC(c2ccc(C#Cc3ccc(C(=O)N4CCSCC4)cc3)cc2)N1. The van der Waals surface area contributed by atoms with Gasteiger partial charge >= 0.3 is 6.03 Å². The van der Waals surface area contributed by atoms with Crippen LogP contribution in [-0.4, -0.2) is 48.0 Å². The summed E-state index contributed by atoms with van der Waals surface area (Å²) in [5.74, 6) is 8.41.